The number of halogens is 2. The molecule has 0 atom stereocenters. The first-order valence-corrected chi connectivity index (χ1v) is 8.50. The van der Waals surface area contributed by atoms with Crippen LogP contribution >= 0.6 is 23.2 Å². The summed E-state index contributed by atoms with van der Waals surface area (Å²) in [7, 11) is 0. The molecular weight excluding hydrogens is 361 g/mol. The van der Waals surface area contributed by atoms with Crippen molar-refractivity contribution in [2.24, 2.45) is 0 Å². The van der Waals surface area contributed by atoms with Crippen LogP contribution in [0.3, 0.4) is 0 Å². The van der Waals surface area contributed by atoms with Crippen molar-refractivity contribution in [1.82, 2.24) is 4.57 Å². The van der Waals surface area contributed by atoms with Crippen molar-refractivity contribution >= 4 is 40.1 Å². The highest BCUT2D eigenvalue weighted by atomic mass is 35.5. The Kier molecular flexibility index (Phi) is 5.11. The summed E-state index contributed by atoms with van der Waals surface area (Å²) in [5, 5.41) is 1.39. The lowest BCUT2D eigenvalue weighted by molar-refractivity contribution is 0.0524. The van der Waals surface area contributed by atoms with E-state index in [1.54, 1.807) is 31.2 Å². The van der Waals surface area contributed by atoms with Crippen LogP contribution in [0.2, 0.25) is 10.0 Å². The minimum atomic E-state index is -0.624. The van der Waals surface area contributed by atoms with Gasteiger partial charge in [-0.1, -0.05) is 41.4 Å². The van der Waals surface area contributed by atoms with E-state index in [9.17, 15) is 9.59 Å². The molecule has 0 aliphatic heterocycles. The molecule has 0 saturated carbocycles. The second kappa shape index (κ2) is 7.30. The molecule has 0 bridgehead atoms. The molecule has 3 aromatic rings. The summed E-state index contributed by atoms with van der Waals surface area (Å²) in [6.07, 6.45) is 1.53. The van der Waals surface area contributed by atoms with Crippen molar-refractivity contribution in [1.29, 1.82) is 0 Å². The monoisotopic (exact) mass is 375 g/mol. The number of hydrogen-bond acceptors (Lipinski definition) is 3. The molecule has 6 heteroatoms. The lowest BCUT2D eigenvalue weighted by Gasteiger charge is -2.13. The number of esters is 1. The van der Waals surface area contributed by atoms with Gasteiger partial charge in [0.1, 0.15) is 5.56 Å². The number of pyridine rings is 1. The highest BCUT2D eigenvalue weighted by Gasteiger charge is 2.16. The molecule has 1 heterocycles. The van der Waals surface area contributed by atoms with E-state index in [2.05, 4.69) is 0 Å². The number of aromatic nitrogens is 1. The van der Waals surface area contributed by atoms with Gasteiger partial charge in [-0.15, -0.1) is 0 Å². The Hall–Kier alpha value is -2.30. The second-order valence-corrected chi connectivity index (χ2v) is 6.30. The maximum absolute atomic E-state index is 12.6. The Labute approximate surface area is 154 Å². The van der Waals surface area contributed by atoms with Crippen LogP contribution in [0.1, 0.15) is 22.8 Å². The van der Waals surface area contributed by atoms with Crippen LogP contribution in [0.5, 0.6) is 0 Å². The van der Waals surface area contributed by atoms with Crippen LogP contribution in [-0.4, -0.2) is 17.1 Å². The van der Waals surface area contributed by atoms with E-state index in [0.29, 0.717) is 22.0 Å². The molecular formula is C19H15Cl2NO3. The van der Waals surface area contributed by atoms with Gasteiger partial charge >= 0.3 is 5.97 Å². The number of carbonyl (C=O) groups excluding carboxylic acids is 1. The van der Waals surface area contributed by atoms with Crippen molar-refractivity contribution in [3.05, 3.63) is 80.1 Å². The maximum atomic E-state index is 12.6. The Balaban J connectivity index is 2.15. The normalized spacial score (nSPS) is 10.8. The summed E-state index contributed by atoms with van der Waals surface area (Å²) in [5.41, 5.74) is 1.31. The summed E-state index contributed by atoms with van der Waals surface area (Å²) >= 11 is 12.0. The fourth-order valence-corrected chi connectivity index (χ4v) is 2.99. The lowest BCUT2D eigenvalue weighted by Crippen LogP contribution is -2.21. The molecule has 0 aliphatic carbocycles. The Morgan fingerprint density at radius 3 is 2.60 bits per heavy atom. The van der Waals surface area contributed by atoms with Gasteiger partial charge in [-0.2, -0.15) is 0 Å². The zero-order valence-corrected chi connectivity index (χ0v) is 15.0. The number of nitrogens with zero attached hydrogens (tertiary/aromatic N) is 1. The van der Waals surface area contributed by atoms with E-state index in [4.69, 9.17) is 27.9 Å². The quantitative estimate of drug-likeness (QED) is 0.629. The number of carbonyl (C=O) groups is 1. The van der Waals surface area contributed by atoms with Gasteiger partial charge in [0.05, 0.1) is 22.2 Å². The minimum absolute atomic E-state index is 0.0145. The average molecular weight is 376 g/mol. The molecule has 0 amide bonds. The van der Waals surface area contributed by atoms with Crippen molar-refractivity contribution in [3.8, 4) is 0 Å². The van der Waals surface area contributed by atoms with Gasteiger partial charge in [-0.25, -0.2) is 4.79 Å². The topological polar surface area (TPSA) is 48.3 Å². The van der Waals surface area contributed by atoms with Crippen LogP contribution in [0.4, 0.5) is 0 Å². The van der Waals surface area contributed by atoms with E-state index in [-0.39, 0.29) is 17.6 Å². The standard InChI is InChI=1S/C19H15Cl2NO3/c1-2-25-19(24)14-11-22(10-12-7-8-15(20)16(21)9-12)17-6-4-3-5-13(17)18(14)23/h3-9,11H,2,10H2,1H3. The maximum Gasteiger partial charge on any atom is 0.343 e. The van der Waals surface area contributed by atoms with Gasteiger partial charge in [-0.05, 0) is 36.8 Å². The molecule has 0 spiro atoms. The van der Waals surface area contributed by atoms with Crippen molar-refractivity contribution in [2.45, 2.75) is 13.5 Å². The van der Waals surface area contributed by atoms with E-state index >= 15 is 0 Å². The number of rotatable bonds is 4. The number of para-hydroxylation sites is 1. The van der Waals surface area contributed by atoms with E-state index < -0.39 is 5.97 Å². The molecule has 4 nitrogen and oxygen atoms in total. The molecule has 3 rings (SSSR count). The zero-order valence-electron chi connectivity index (χ0n) is 13.5. The molecule has 0 radical (unpaired) electrons. The number of benzene rings is 2. The summed E-state index contributed by atoms with van der Waals surface area (Å²) in [6.45, 7) is 2.34. The molecule has 0 fully saturated rings. The van der Waals surface area contributed by atoms with Gasteiger partial charge in [0.15, 0.2) is 0 Å². The molecule has 0 unspecified atom stereocenters. The summed E-state index contributed by atoms with van der Waals surface area (Å²) in [5.74, 6) is -0.624. The SMILES string of the molecule is CCOC(=O)c1cn(Cc2ccc(Cl)c(Cl)c2)c2ccccc2c1=O. The van der Waals surface area contributed by atoms with Crippen LogP contribution < -0.4 is 5.43 Å². The van der Waals surface area contributed by atoms with Gasteiger partial charge in [0.25, 0.3) is 0 Å². The third kappa shape index (κ3) is 3.55. The predicted molar refractivity (Wildman–Crippen MR) is 99.7 cm³/mol. The van der Waals surface area contributed by atoms with E-state index in [1.807, 2.05) is 22.8 Å². The van der Waals surface area contributed by atoms with Gasteiger partial charge in [0.2, 0.25) is 5.43 Å². The molecule has 2 aromatic carbocycles. The molecule has 0 aliphatic rings. The van der Waals surface area contributed by atoms with E-state index in [0.717, 1.165) is 11.1 Å². The third-order valence-corrected chi connectivity index (χ3v) is 4.56. The van der Waals surface area contributed by atoms with E-state index in [1.165, 1.54) is 6.20 Å². The molecule has 128 valence electrons. The summed E-state index contributed by atoms with van der Waals surface area (Å²) in [4.78, 5) is 24.7. The van der Waals surface area contributed by atoms with Crippen molar-refractivity contribution in [3.63, 3.8) is 0 Å². The summed E-state index contributed by atoms with van der Waals surface area (Å²) < 4.78 is 6.84. The fourth-order valence-electron chi connectivity index (χ4n) is 2.66. The Morgan fingerprint density at radius 2 is 1.88 bits per heavy atom. The van der Waals surface area contributed by atoms with Gasteiger partial charge < -0.3 is 9.30 Å². The minimum Gasteiger partial charge on any atom is -0.462 e. The fraction of sp³-hybridized carbons (Fsp3) is 0.158. The van der Waals surface area contributed by atoms with Gasteiger partial charge in [-0.3, -0.25) is 4.79 Å². The Bertz CT molecular complexity index is 1010. The van der Waals surface area contributed by atoms with Crippen LogP contribution in [0.25, 0.3) is 10.9 Å². The number of ether oxygens (including phenoxy) is 1. The first kappa shape index (κ1) is 17.5. The van der Waals surface area contributed by atoms with Crippen LogP contribution in [-0.2, 0) is 11.3 Å². The molecule has 0 N–H and O–H groups in total. The lowest BCUT2D eigenvalue weighted by atomic mass is 10.1. The molecule has 0 saturated heterocycles. The molecule has 25 heavy (non-hydrogen) atoms. The van der Waals surface area contributed by atoms with Crippen molar-refractivity contribution in [2.75, 3.05) is 6.61 Å². The summed E-state index contributed by atoms with van der Waals surface area (Å²) in [6, 6.07) is 12.5. The highest BCUT2D eigenvalue weighted by molar-refractivity contribution is 6.42. The number of fused-ring (bicyclic) bond motifs is 1. The van der Waals surface area contributed by atoms with Gasteiger partial charge in [0, 0.05) is 18.1 Å². The van der Waals surface area contributed by atoms with Crippen molar-refractivity contribution < 1.29 is 9.53 Å². The second-order valence-electron chi connectivity index (χ2n) is 5.49. The Morgan fingerprint density at radius 1 is 1.12 bits per heavy atom. The predicted octanol–water partition coefficient (Wildman–Crippen LogP) is 4.53. The third-order valence-electron chi connectivity index (χ3n) is 3.82. The zero-order chi connectivity index (χ0) is 18.0. The average Bonchev–Trinajstić information content (AvgIpc) is 2.61. The first-order chi connectivity index (χ1) is 12.0. The highest BCUT2D eigenvalue weighted by Crippen LogP contribution is 2.23. The number of hydrogen-bond donors (Lipinski definition) is 0. The smallest absolute Gasteiger partial charge is 0.343 e. The van der Waals surface area contributed by atoms with Crippen LogP contribution in [0.15, 0.2) is 53.5 Å². The largest absolute Gasteiger partial charge is 0.462 e. The molecule has 1 aromatic heterocycles. The van der Waals surface area contributed by atoms with Crippen LogP contribution in [0, 0.1) is 0 Å². The first-order valence-electron chi connectivity index (χ1n) is 7.74.